The zero-order valence-corrected chi connectivity index (χ0v) is 13.2. The van der Waals surface area contributed by atoms with E-state index in [0.717, 1.165) is 24.8 Å². The smallest absolute Gasteiger partial charge is 0.119 e. The fourth-order valence-corrected chi connectivity index (χ4v) is 3.15. The summed E-state index contributed by atoms with van der Waals surface area (Å²) in [6.45, 7) is 8.29. The molecule has 0 saturated heterocycles. The minimum Gasteiger partial charge on any atom is -0.492 e. The zero-order valence-electron chi connectivity index (χ0n) is 13.2. The van der Waals surface area contributed by atoms with Crippen LogP contribution < -0.4 is 10.1 Å². The van der Waals surface area contributed by atoms with Crippen molar-refractivity contribution in [3.8, 4) is 5.75 Å². The van der Waals surface area contributed by atoms with E-state index < -0.39 is 0 Å². The molecule has 1 atom stereocenters. The van der Waals surface area contributed by atoms with Gasteiger partial charge in [-0.05, 0) is 62.4 Å². The van der Waals surface area contributed by atoms with Crippen LogP contribution in [0.4, 0.5) is 0 Å². The molecule has 1 aromatic carbocycles. The van der Waals surface area contributed by atoms with Crippen LogP contribution in [0.3, 0.4) is 0 Å². The summed E-state index contributed by atoms with van der Waals surface area (Å²) in [4.78, 5) is 0. The Morgan fingerprint density at radius 3 is 2.55 bits per heavy atom. The second kappa shape index (κ2) is 7.68. The number of benzene rings is 1. The summed E-state index contributed by atoms with van der Waals surface area (Å²) < 4.78 is 6.05. The van der Waals surface area contributed by atoms with E-state index >= 15 is 0 Å². The fourth-order valence-electron chi connectivity index (χ4n) is 3.15. The number of nitrogens with one attached hydrogen (secondary N) is 1. The van der Waals surface area contributed by atoms with E-state index in [1.807, 2.05) is 0 Å². The minimum absolute atomic E-state index is 0.502. The molecule has 1 fully saturated rings. The van der Waals surface area contributed by atoms with Crippen molar-refractivity contribution in [3.05, 3.63) is 29.3 Å². The standard InChI is InChI=1S/C18H29NO/c1-4-19-18(16-8-6-5-7-9-16)13-20-17-11-10-14(2)15(3)12-17/h10-12,16,18-19H,4-9,13H2,1-3H3. The summed E-state index contributed by atoms with van der Waals surface area (Å²) in [6, 6.07) is 6.89. The molecule has 1 saturated carbocycles. The Balaban J connectivity index is 1.91. The third kappa shape index (κ3) is 4.24. The van der Waals surface area contributed by atoms with E-state index in [9.17, 15) is 0 Å². The average Bonchev–Trinajstić information content (AvgIpc) is 2.48. The third-order valence-electron chi connectivity index (χ3n) is 4.59. The van der Waals surface area contributed by atoms with Gasteiger partial charge >= 0.3 is 0 Å². The van der Waals surface area contributed by atoms with Gasteiger partial charge in [0.15, 0.2) is 0 Å². The monoisotopic (exact) mass is 275 g/mol. The zero-order chi connectivity index (χ0) is 14.4. The van der Waals surface area contributed by atoms with Gasteiger partial charge in [-0.2, -0.15) is 0 Å². The Morgan fingerprint density at radius 2 is 1.90 bits per heavy atom. The van der Waals surface area contributed by atoms with Crippen molar-refractivity contribution in [1.29, 1.82) is 0 Å². The topological polar surface area (TPSA) is 21.3 Å². The predicted octanol–water partition coefficient (Wildman–Crippen LogP) is 4.24. The molecule has 0 aromatic heterocycles. The molecule has 112 valence electrons. The molecule has 0 heterocycles. The van der Waals surface area contributed by atoms with E-state index in [1.165, 1.54) is 43.2 Å². The predicted molar refractivity (Wildman–Crippen MR) is 85.5 cm³/mol. The lowest BCUT2D eigenvalue weighted by Crippen LogP contribution is -2.41. The van der Waals surface area contributed by atoms with Crippen LogP contribution in [0, 0.1) is 19.8 Å². The molecule has 0 radical (unpaired) electrons. The maximum atomic E-state index is 6.05. The SMILES string of the molecule is CCNC(COc1ccc(C)c(C)c1)C1CCCCC1. The van der Waals surface area contributed by atoms with Crippen LogP contribution in [-0.4, -0.2) is 19.2 Å². The normalized spacial score (nSPS) is 17.9. The molecule has 0 spiro atoms. The molecule has 0 amide bonds. The molecule has 2 nitrogen and oxygen atoms in total. The van der Waals surface area contributed by atoms with Gasteiger partial charge in [-0.15, -0.1) is 0 Å². The van der Waals surface area contributed by atoms with Crippen LogP contribution in [0.1, 0.15) is 50.2 Å². The minimum atomic E-state index is 0.502. The largest absolute Gasteiger partial charge is 0.492 e. The Bertz CT molecular complexity index is 410. The van der Waals surface area contributed by atoms with Crippen molar-refractivity contribution < 1.29 is 4.74 Å². The van der Waals surface area contributed by atoms with Gasteiger partial charge in [0.25, 0.3) is 0 Å². The molecule has 1 unspecified atom stereocenters. The number of likely N-dealkylation sites (N-methyl/N-ethyl adjacent to an activating group) is 1. The molecule has 20 heavy (non-hydrogen) atoms. The van der Waals surface area contributed by atoms with Crippen molar-refractivity contribution in [3.63, 3.8) is 0 Å². The molecule has 0 bridgehead atoms. The van der Waals surface area contributed by atoms with Gasteiger partial charge in [-0.25, -0.2) is 0 Å². The van der Waals surface area contributed by atoms with Crippen molar-refractivity contribution in [1.82, 2.24) is 5.32 Å². The van der Waals surface area contributed by atoms with E-state index in [0.29, 0.717) is 6.04 Å². The molecule has 0 aliphatic heterocycles. The first-order valence-corrected chi connectivity index (χ1v) is 8.14. The Labute approximate surface area is 123 Å². The highest BCUT2D eigenvalue weighted by molar-refractivity contribution is 5.33. The quantitative estimate of drug-likeness (QED) is 0.838. The van der Waals surface area contributed by atoms with Crippen LogP contribution in [0.15, 0.2) is 18.2 Å². The molecular formula is C18H29NO. The number of hydrogen-bond acceptors (Lipinski definition) is 2. The fraction of sp³-hybridized carbons (Fsp3) is 0.667. The van der Waals surface area contributed by atoms with Crippen molar-refractivity contribution in [2.24, 2.45) is 5.92 Å². The highest BCUT2D eigenvalue weighted by Crippen LogP contribution is 2.27. The van der Waals surface area contributed by atoms with Gasteiger partial charge in [-0.1, -0.05) is 32.3 Å². The third-order valence-corrected chi connectivity index (χ3v) is 4.59. The highest BCUT2D eigenvalue weighted by atomic mass is 16.5. The Morgan fingerprint density at radius 1 is 1.15 bits per heavy atom. The Hall–Kier alpha value is -1.02. The van der Waals surface area contributed by atoms with Crippen LogP contribution in [0.25, 0.3) is 0 Å². The number of hydrogen-bond donors (Lipinski definition) is 1. The molecule has 1 aromatic rings. The van der Waals surface area contributed by atoms with Gasteiger partial charge in [-0.3, -0.25) is 0 Å². The first kappa shape index (κ1) is 15.4. The molecule has 1 aliphatic rings. The lowest BCUT2D eigenvalue weighted by atomic mass is 9.84. The average molecular weight is 275 g/mol. The second-order valence-electron chi connectivity index (χ2n) is 6.12. The number of aryl methyl sites for hydroxylation is 2. The molecular weight excluding hydrogens is 246 g/mol. The van der Waals surface area contributed by atoms with E-state index in [4.69, 9.17) is 4.74 Å². The summed E-state index contributed by atoms with van der Waals surface area (Å²) >= 11 is 0. The van der Waals surface area contributed by atoms with Gasteiger partial charge in [0.2, 0.25) is 0 Å². The number of rotatable bonds is 6. The van der Waals surface area contributed by atoms with E-state index in [1.54, 1.807) is 0 Å². The van der Waals surface area contributed by atoms with Crippen LogP contribution in [-0.2, 0) is 0 Å². The summed E-state index contributed by atoms with van der Waals surface area (Å²) in [5, 5.41) is 3.62. The first-order valence-electron chi connectivity index (χ1n) is 8.14. The lowest BCUT2D eigenvalue weighted by molar-refractivity contribution is 0.187. The molecule has 1 N–H and O–H groups in total. The van der Waals surface area contributed by atoms with Gasteiger partial charge in [0.05, 0.1) is 0 Å². The van der Waals surface area contributed by atoms with Crippen LogP contribution >= 0.6 is 0 Å². The maximum absolute atomic E-state index is 6.05. The summed E-state index contributed by atoms with van der Waals surface area (Å²) in [5.41, 5.74) is 2.63. The highest BCUT2D eigenvalue weighted by Gasteiger charge is 2.23. The van der Waals surface area contributed by atoms with Crippen molar-refractivity contribution in [2.45, 2.75) is 58.9 Å². The molecule has 1 aliphatic carbocycles. The summed E-state index contributed by atoms with van der Waals surface area (Å²) in [6.07, 6.45) is 6.89. The summed E-state index contributed by atoms with van der Waals surface area (Å²) in [5.74, 6) is 1.79. The van der Waals surface area contributed by atoms with Gasteiger partial charge < -0.3 is 10.1 Å². The van der Waals surface area contributed by atoms with Gasteiger partial charge in [0, 0.05) is 6.04 Å². The van der Waals surface area contributed by atoms with E-state index in [2.05, 4.69) is 44.3 Å². The second-order valence-corrected chi connectivity index (χ2v) is 6.12. The van der Waals surface area contributed by atoms with Gasteiger partial charge in [0.1, 0.15) is 12.4 Å². The van der Waals surface area contributed by atoms with Crippen molar-refractivity contribution >= 4 is 0 Å². The molecule has 2 heteroatoms. The lowest BCUT2D eigenvalue weighted by Gasteiger charge is -2.30. The summed E-state index contributed by atoms with van der Waals surface area (Å²) in [7, 11) is 0. The number of ether oxygens (including phenoxy) is 1. The van der Waals surface area contributed by atoms with E-state index in [-0.39, 0.29) is 0 Å². The van der Waals surface area contributed by atoms with Crippen LogP contribution in [0.5, 0.6) is 5.75 Å². The van der Waals surface area contributed by atoms with Crippen LogP contribution in [0.2, 0.25) is 0 Å². The maximum Gasteiger partial charge on any atom is 0.119 e. The molecule has 2 rings (SSSR count). The Kier molecular flexibility index (Phi) is 5.90. The van der Waals surface area contributed by atoms with Crippen molar-refractivity contribution in [2.75, 3.05) is 13.2 Å². The first-order chi connectivity index (χ1) is 9.70.